The van der Waals surface area contributed by atoms with E-state index in [0.717, 1.165) is 12.8 Å². The van der Waals surface area contributed by atoms with Gasteiger partial charge in [-0.05, 0) is 6.42 Å². The van der Waals surface area contributed by atoms with E-state index < -0.39 is 12.1 Å². The first kappa shape index (κ1) is 12.6. The number of rotatable bonds is 5. The monoisotopic (exact) mass is 231 g/mol. The summed E-state index contributed by atoms with van der Waals surface area (Å²) in [4.78, 5) is 0. The lowest BCUT2D eigenvalue weighted by Crippen LogP contribution is -2.08. The smallest absolute Gasteiger partial charge is 0.282 e. The first-order valence-corrected chi connectivity index (χ1v) is 5.09. The van der Waals surface area contributed by atoms with Crippen molar-refractivity contribution in [1.82, 2.24) is 9.78 Å². The summed E-state index contributed by atoms with van der Waals surface area (Å²) in [5.74, 6) is -0.239. The molecule has 0 aliphatic heterocycles. The highest BCUT2D eigenvalue weighted by Crippen LogP contribution is 2.21. The molecule has 0 aliphatic rings. The van der Waals surface area contributed by atoms with Crippen molar-refractivity contribution in [1.29, 1.82) is 5.41 Å². The van der Waals surface area contributed by atoms with Gasteiger partial charge in [0.2, 0.25) is 5.90 Å². The Kier molecular flexibility index (Phi) is 4.39. The lowest BCUT2D eigenvalue weighted by molar-refractivity contribution is 0.144. The number of nitrogens with one attached hydrogen (secondary N) is 1. The van der Waals surface area contributed by atoms with E-state index in [-0.39, 0.29) is 11.5 Å². The van der Waals surface area contributed by atoms with E-state index in [1.54, 1.807) is 0 Å². The third-order valence-corrected chi connectivity index (χ3v) is 2.05. The Balaban J connectivity index is 2.74. The fourth-order valence-electron chi connectivity index (χ4n) is 1.24. The van der Waals surface area contributed by atoms with Gasteiger partial charge >= 0.3 is 0 Å². The lowest BCUT2D eigenvalue weighted by Gasteiger charge is -2.05. The largest absolute Gasteiger partial charge is 0.478 e. The quantitative estimate of drug-likeness (QED) is 0.481. The molecule has 1 heterocycles. The maximum absolute atomic E-state index is 12.6. The van der Waals surface area contributed by atoms with E-state index in [4.69, 9.17) is 10.1 Å². The molecule has 0 fully saturated rings. The van der Waals surface area contributed by atoms with Gasteiger partial charge in [0.15, 0.2) is 0 Å². The Morgan fingerprint density at radius 1 is 1.62 bits per heavy atom. The fourth-order valence-corrected chi connectivity index (χ4v) is 1.24. The minimum absolute atomic E-state index is 0.0635. The van der Waals surface area contributed by atoms with Gasteiger partial charge in [-0.1, -0.05) is 13.3 Å². The molecule has 1 rings (SSSR count). The number of unbranched alkanes of at least 4 members (excludes halogenated alkanes) is 1. The molecule has 16 heavy (non-hydrogen) atoms. The van der Waals surface area contributed by atoms with Crippen molar-refractivity contribution in [3.63, 3.8) is 0 Å². The van der Waals surface area contributed by atoms with Crippen molar-refractivity contribution in [3.05, 3.63) is 17.5 Å². The molecule has 0 bridgehead atoms. The molecule has 4 nitrogen and oxygen atoms in total. The first-order chi connectivity index (χ1) is 7.56. The maximum atomic E-state index is 12.6. The second-order valence-electron chi connectivity index (χ2n) is 3.43. The minimum Gasteiger partial charge on any atom is -0.478 e. The van der Waals surface area contributed by atoms with E-state index in [1.807, 2.05) is 6.92 Å². The number of aromatic nitrogens is 2. The molecule has 0 atom stereocenters. The topological polar surface area (TPSA) is 50.9 Å². The Hall–Kier alpha value is -1.46. The van der Waals surface area contributed by atoms with Crippen LogP contribution in [0.25, 0.3) is 0 Å². The third-order valence-electron chi connectivity index (χ3n) is 2.05. The molecule has 0 spiro atoms. The molecule has 0 aromatic carbocycles. The van der Waals surface area contributed by atoms with E-state index >= 15 is 0 Å². The second kappa shape index (κ2) is 5.58. The molecule has 1 aromatic heterocycles. The molecular formula is C10H15F2N3O. The SMILES string of the molecule is CCCCOC(=N)c1cn(C)nc1C(F)F. The molecule has 0 saturated heterocycles. The Labute approximate surface area is 92.7 Å². The van der Waals surface area contributed by atoms with Crippen molar-refractivity contribution in [2.24, 2.45) is 7.05 Å². The molecule has 0 amide bonds. The van der Waals surface area contributed by atoms with Crippen molar-refractivity contribution in [2.75, 3.05) is 6.61 Å². The van der Waals surface area contributed by atoms with Crippen LogP contribution in [0, 0.1) is 5.41 Å². The zero-order valence-electron chi connectivity index (χ0n) is 9.33. The highest BCUT2D eigenvalue weighted by molar-refractivity contribution is 5.92. The zero-order chi connectivity index (χ0) is 12.1. The van der Waals surface area contributed by atoms with Crippen LogP contribution in [-0.2, 0) is 11.8 Å². The van der Waals surface area contributed by atoms with Gasteiger partial charge in [0.1, 0.15) is 5.69 Å². The van der Waals surface area contributed by atoms with Gasteiger partial charge in [0.05, 0.1) is 12.2 Å². The molecule has 0 radical (unpaired) electrons. The van der Waals surface area contributed by atoms with E-state index in [9.17, 15) is 8.78 Å². The van der Waals surface area contributed by atoms with Crippen LogP contribution >= 0.6 is 0 Å². The highest BCUT2D eigenvalue weighted by Gasteiger charge is 2.21. The van der Waals surface area contributed by atoms with Gasteiger partial charge in [-0.25, -0.2) is 8.78 Å². The first-order valence-electron chi connectivity index (χ1n) is 5.09. The third kappa shape index (κ3) is 3.01. The van der Waals surface area contributed by atoms with Crippen LogP contribution < -0.4 is 0 Å². The summed E-state index contributed by atoms with van der Waals surface area (Å²) in [5.41, 5.74) is -0.336. The summed E-state index contributed by atoms with van der Waals surface area (Å²) in [6, 6.07) is 0. The Morgan fingerprint density at radius 3 is 2.88 bits per heavy atom. The number of aryl methyl sites for hydroxylation is 1. The molecule has 90 valence electrons. The molecule has 6 heteroatoms. The Morgan fingerprint density at radius 2 is 2.31 bits per heavy atom. The van der Waals surface area contributed by atoms with E-state index in [0.29, 0.717) is 6.61 Å². The van der Waals surface area contributed by atoms with Crippen molar-refractivity contribution in [2.45, 2.75) is 26.2 Å². The van der Waals surface area contributed by atoms with Crippen LogP contribution in [0.5, 0.6) is 0 Å². The van der Waals surface area contributed by atoms with Gasteiger partial charge in [-0.2, -0.15) is 5.10 Å². The van der Waals surface area contributed by atoms with Crippen LogP contribution in [-0.4, -0.2) is 22.3 Å². The molecule has 1 N–H and O–H groups in total. The summed E-state index contributed by atoms with van der Waals surface area (Å²) in [6.07, 6.45) is 0.413. The van der Waals surface area contributed by atoms with Gasteiger partial charge in [-0.3, -0.25) is 10.1 Å². The van der Waals surface area contributed by atoms with Gasteiger partial charge in [0.25, 0.3) is 6.43 Å². The summed E-state index contributed by atoms with van der Waals surface area (Å²) in [5, 5.41) is 11.2. The molecule has 0 aliphatic carbocycles. The molecule has 0 unspecified atom stereocenters. The van der Waals surface area contributed by atoms with Gasteiger partial charge in [0, 0.05) is 13.2 Å². The molecule has 0 saturated carbocycles. The standard InChI is InChI=1S/C10H15F2N3O/c1-3-4-5-16-10(13)7-6-15(2)14-8(7)9(11)12/h6,9,13H,3-5H2,1-2H3. The Bertz CT molecular complexity index is 363. The predicted octanol–water partition coefficient (Wildman–Crippen LogP) is 2.50. The lowest BCUT2D eigenvalue weighted by atomic mass is 10.2. The van der Waals surface area contributed by atoms with Crippen molar-refractivity contribution >= 4 is 5.90 Å². The fraction of sp³-hybridized carbons (Fsp3) is 0.600. The average molecular weight is 231 g/mol. The van der Waals surface area contributed by atoms with E-state index in [2.05, 4.69) is 5.10 Å². The summed E-state index contributed by atoms with van der Waals surface area (Å²) >= 11 is 0. The number of alkyl halides is 2. The number of hydrogen-bond acceptors (Lipinski definition) is 3. The molecule has 1 aromatic rings. The molecular weight excluding hydrogens is 216 g/mol. The van der Waals surface area contributed by atoms with Crippen LogP contribution in [0.2, 0.25) is 0 Å². The van der Waals surface area contributed by atoms with Crippen molar-refractivity contribution < 1.29 is 13.5 Å². The highest BCUT2D eigenvalue weighted by atomic mass is 19.3. The van der Waals surface area contributed by atoms with Gasteiger partial charge < -0.3 is 4.74 Å². The van der Waals surface area contributed by atoms with Crippen LogP contribution in [0.15, 0.2) is 6.20 Å². The number of hydrogen-bond donors (Lipinski definition) is 1. The van der Waals surface area contributed by atoms with Crippen LogP contribution in [0.3, 0.4) is 0 Å². The number of halogens is 2. The zero-order valence-corrected chi connectivity index (χ0v) is 9.33. The minimum atomic E-state index is -2.69. The van der Waals surface area contributed by atoms with Crippen molar-refractivity contribution in [3.8, 4) is 0 Å². The van der Waals surface area contributed by atoms with E-state index in [1.165, 1.54) is 17.9 Å². The number of nitrogens with zero attached hydrogens (tertiary/aromatic N) is 2. The van der Waals surface area contributed by atoms with Crippen LogP contribution in [0.4, 0.5) is 8.78 Å². The average Bonchev–Trinajstić information content (AvgIpc) is 2.61. The summed E-state index contributed by atoms with van der Waals surface area (Å²) < 4.78 is 31.5. The summed E-state index contributed by atoms with van der Waals surface area (Å²) in [6.45, 7) is 2.36. The maximum Gasteiger partial charge on any atom is 0.282 e. The van der Waals surface area contributed by atoms with Crippen LogP contribution in [0.1, 0.15) is 37.4 Å². The number of ether oxygens (including phenoxy) is 1. The summed E-state index contributed by atoms with van der Waals surface area (Å²) in [7, 11) is 1.54. The predicted molar refractivity (Wildman–Crippen MR) is 55.9 cm³/mol. The normalized spacial score (nSPS) is 10.8. The second-order valence-corrected chi connectivity index (χ2v) is 3.43. The van der Waals surface area contributed by atoms with Gasteiger partial charge in [-0.15, -0.1) is 0 Å².